The number of halogens is 2. The quantitative estimate of drug-likeness (QED) is 0.851. The van der Waals surface area contributed by atoms with Gasteiger partial charge in [0.05, 0.1) is 5.69 Å². The van der Waals surface area contributed by atoms with Crippen LogP contribution in [0.1, 0.15) is 31.7 Å². The van der Waals surface area contributed by atoms with Gasteiger partial charge < -0.3 is 10.1 Å². The predicted octanol–water partition coefficient (Wildman–Crippen LogP) is 4.50. The van der Waals surface area contributed by atoms with E-state index in [9.17, 15) is 13.6 Å². The van der Waals surface area contributed by atoms with Crippen molar-refractivity contribution < 1.29 is 18.3 Å². The molecule has 0 saturated carbocycles. The zero-order valence-electron chi connectivity index (χ0n) is 13.1. The molecule has 0 aliphatic rings. The molecule has 2 aromatic carbocycles. The van der Waals surface area contributed by atoms with Crippen LogP contribution in [0.5, 0.6) is 5.75 Å². The van der Waals surface area contributed by atoms with Gasteiger partial charge in [-0.3, -0.25) is 4.79 Å². The number of carbonyl (C=O) groups is 1. The first kappa shape index (κ1) is 16.9. The summed E-state index contributed by atoms with van der Waals surface area (Å²) >= 11 is 0. The number of carbonyl (C=O) groups excluding carboxylic acids is 1. The maximum Gasteiger partial charge on any atom is 0.262 e. The second-order valence-electron chi connectivity index (χ2n) is 5.34. The summed E-state index contributed by atoms with van der Waals surface area (Å²) in [4.78, 5) is 11.7. The first-order valence-corrected chi connectivity index (χ1v) is 7.47. The van der Waals surface area contributed by atoms with Gasteiger partial charge in [-0.2, -0.15) is 0 Å². The number of nitrogens with one attached hydrogen (secondary N) is 1. The Bertz CT molecular complexity index is 671. The van der Waals surface area contributed by atoms with Gasteiger partial charge in [0.15, 0.2) is 6.61 Å². The van der Waals surface area contributed by atoms with E-state index in [1.807, 2.05) is 12.1 Å². The topological polar surface area (TPSA) is 38.3 Å². The molecule has 2 rings (SSSR count). The normalized spacial score (nSPS) is 11.8. The van der Waals surface area contributed by atoms with Gasteiger partial charge in [-0.05, 0) is 42.2 Å². The molecular weight excluding hydrogens is 300 g/mol. The third kappa shape index (κ3) is 4.77. The van der Waals surface area contributed by atoms with E-state index in [0.717, 1.165) is 12.5 Å². The fourth-order valence-electron chi connectivity index (χ4n) is 2.05. The second-order valence-corrected chi connectivity index (χ2v) is 5.34. The lowest BCUT2D eigenvalue weighted by atomic mass is 9.99. The summed E-state index contributed by atoms with van der Waals surface area (Å²) in [5.41, 5.74) is 1.13. The summed E-state index contributed by atoms with van der Waals surface area (Å²) in [5.74, 6) is -1.00. The van der Waals surface area contributed by atoms with Crippen molar-refractivity contribution in [2.45, 2.75) is 26.2 Å². The fourth-order valence-corrected chi connectivity index (χ4v) is 2.05. The van der Waals surface area contributed by atoms with Crippen LogP contribution in [-0.2, 0) is 4.79 Å². The van der Waals surface area contributed by atoms with E-state index in [0.29, 0.717) is 17.7 Å². The summed E-state index contributed by atoms with van der Waals surface area (Å²) < 4.78 is 31.6. The van der Waals surface area contributed by atoms with Crippen molar-refractivity contribution in [3.05, 3.63) is 59.7 Å². The summed E-state index contributed by atoms with van der Waals surface area (Å²) in [6.07, 6.45) is 1.05. The lowest BCUT2D eigenvalue weighted by molar-refractivity contribution is -0.118. The average molecular weight is 319 g/mol. The van der Waals surface area contributed by atoms with E-state index in [2.05, 4.69) is 19.2 Å². The SMILES string of the molecule is CCC(C)c1ccc(OCC(=O)Nc2ccc(F)cc2F)cc1. The monoisotopic (exact) mass is 319 g/mol. The van der Waals surface area contributed by atoms with E-state index < -0.39 is 17.5 Å². The maximum atomic E-state index is 13.4. The molecule has 2 aromatic rings. The predicted molar refractivity (Wildman–Crippen MR) is 85.6 cm³/mol. The van der Waals surface area contributed by atoms with E-state index in [-0.39, 0.29) is 12.3 Å². The molecule has 0 saturated heterocycles. The molecule has 5 heteroatoms. The molecule has 23 heavy (non-hydrogen) atoms. The number of rotatable bonds is 6. The van der Waals surface area contributed by atoms with E-state index in [1.165, 1.54) is 11.6 Å². The zero-order chi connectivity index (χ0) is 16.8. The van der Waals surface area contributed by atoms with Crippen molar-refractivity contribution in [3.8, 4) is 5.75 Å². The molecule has 0 fully saturated rings. The van der Waals surface area contributed by atoms with Gasteiger partial charge in [0.1, 0.15) is 17.4 Å². The van der Waals surface area contributed by atoms with Crippen LogP contribution in [0.15, 0.2) is 42.5 Å². The smallest absolute Gasteiger partial charge is 0.262 e. The van der Waals surface area contributed by atoms with E-state index >= 15 is 0 Å². The largest absolute Gasteiger partial charge is 0.484 e. The molecule has 0 aliphatic carbocycles. The first-order valence-electron chi connectivity index (χ1n) is 7.47. The van der Waals surface area contributed by atoms with Crippen molar-refractivity contribution >= 4 is 11.6 Å². The Morgan fingerprint density at radius 1 is 1.17 bits per heavy atom. The van der Waals surface area contributed by atoms with Gasteiger partial charge in [-0.15, -0.1) is 0 Å². The Morgan fingerprint density at radius 2 is 1.87 bits per heavy atom. The van der Waals surface area contributed by atoms with E-state index in [1.54, 1.807) is 12.1 Å². The van der Waals surface area contributed by atoms with Crippen molar-refractivity contribution in [2.24, 2.45) is 0 Å². The Labute approximate surface area is 134 Å². The van der Waals surface area contributed by atoms with Crippen LogP contribution >= 0.6 is 0 Å². The molecule has 1 amide bonds. The van der Waals surface area contributed by atoms with Gasteiger partial charge in [0.25, 0.3) is 5.91 Å². The number of benzene rings is 2. The Morgan fingerprint density at radius 3 is 2.48 bits per heavy atom. The highest BCUT2D eigenvalue weighted by Crippen LogP contribution is 2.21. The minimum absolute atomic E-state index is 0.0767. The summed E-state index contributed by atoms with van der Waals surface area (Å²) in [6, 6.07) is 10.5. The van der Waals surface area contributed by atoms with Crippen LogP contribution in [0.3, 0.4) is 0 Å². The minimum atomic E-state index is -0.823. The van der Waals surface area contributed by atoms with Gasteiger partial charge in [-0.1, -0.05) is 26.0 Å². The lowest BCUT2D eigenvalue weighted by Gasteiger charge is -2.11. The molecule has 0 radical (unpaired) electrons. The second kappa shape index (κ2) is 7.72. The van der Waals surface area contributed by atoms with Crippen molar-refractivity contribution in [1.82, 2.24) is 0 Å². The lowest BCUT2D eigenvalue weighted by Crippen LogP contribution is -2.20. The molecule has 0 aliphatic heterocycles. The Balaban J connectivity index is 1.89. The van der Waals surface area contributed by atoms with Crippen LogP contribution in [0.4, 0.5) is 14.5 Å². The number of hydrogen-bond donors (Lipinski definition) is 1. The molecule has 122 valence electrons. The van der Waals surface area contributed by atoms with Gasteiger partial charge >= 0.3 is 0 Å². The molecule has 0 bridgehead atoms. The molecule has 0 aromatic heterocycles. The molecule has 0 heterocycles. The molecule has 0 spiro atoms. The number of ether oxygens (including phenoxy) is 1. The van der Waals surface area contributed by atoms with Crippen LogP contribution in [0.2, 0.25) is 0 Å². The Hall–Kier alpha value is -2.43. The van der Waals surface area contributed by atoms with Crippen LogP contribution in [0, 0.1) is 11.6 Å². The van der Waals surface area contributed by atoms with Crippen molar-refractivity contribution in [3.63, 3.8) is 0 Å². The van der Waals surface area contributed by atoms with E-state index in [4.69, 9.17) is 4.74 Å². The highest BCUT2D eigenvalue weighted by Gasteiger charge is 2.09. The molecule has 1 N–H and O–H groups in total. The van der Waals surface area contributed by atoms with Gasteiger partial charge in [0.2, 0.25) is 0 Å². The zero-order valence-corrected chi connectivity index (χ0v) is 13.1. The van der Waals surface area contributed by atoms with Crippen LogP contribution < -0.4 is 10.1 Å². The maximum absolute atomic E-state index is 13.4. The van der Waals surface area contributed by atoms with Crippen molar-refractivity contribution in [1.29, 1.82) is 0 Å². The van der Waals surface area contributed by atoms with Crippen LogP contribution in [0.25, 0.3) is 0 Å². The molecular formula is C18H19F2NO2. The average Bonchev–Trinajstić information content (AvgIpc) is 2.55. The summed E-state index contributed by atoms with van der Waals surface area (Å²) in [6.45, 7) is 4.01. The standard InChI is InChI=1S/C18H19F2NO2/c1-3-12(2)13-4-7-15(8-5-13)23-11-18(22)21-17-9-6-14(19)10-16(17)20/h4-10,12H,3,11H2,1-2H3,(H,21,22). The fraction of sp³-hybridized carbons (Fsp3) is 0.278. The van der Waals surface area contributed by atoms with Gasteiger partial charge in [0, 0.05) is 6.07 Å². The summed E-state index contributed by atoms with van der Waals surface area (Å²) in [5, 5.41) is 2.34. The number of amides is 1. The first-order chi connectivity index (χ1) is 11.0. The van der Waals surface area contributed by atoms with Crippen LogP contribution in [-0.4, -0.2) is 12.5 Å². The van der Waals surface area contributed by atoms with Crippen molar-refractivity contribution in [2.75, 3.05) is 11.9 Å². The highest BCUT2D eigenvalue weighted by atomic mass is 19.1. The molecule has 3 nitrogen and oxygen atoms in total. The minimum Gasteiger partial charge on any atom is -0.484 e. The number of anilines is 1. The molecule has 1 unspecified atom stereocenters. The number of hydrogen-bond acceptors (Lipinski definition) is 2. The third-order valence-electron chi connectivity index (χ3n) is 3.64. The summed E-state index contributed by atoms with van der Waals surface area (Å²) in [7, 11) is 0. The molecule has 1 atom stereocenters. The Kier molecular flexibility index (Phi) is 5.68. The third-order valence-corrected chi connectivity index (χ3v) is 3.64. The van der Waals surface area contributed by atoms with Gasteiger partial charge in [-0.25, -0.2) is 8.78 Å². The highest BCUT2D eigenvalue weighted by molar-refractivity contribution is 5.91.